The Bertz CT molecular complexity index is 649. The molecule has 0 amide bonds. The van der Waals surface area contributed by atoms with E-state index in [0.717, 1.165) is 0 Å². The molecule has 1 aliphatic heterocycles. The zero-order valence-corrected chi connectivity index (χ0v) is 14.4. The van der Waals surface area contributed by atoms with Gasteiger partial charge in [-0.25, -0.2) is 13.1 Å². The Balaban J connectivity index is 2.03. The van der Waals surface area contributed by atoms with Gasteiger partial charge in [0.05, 0.1) is 5.75 Å². The van der Waals surface area contributed by atoms with Crippen LogP contribution in [-0.4, -0.2) is 58.3 Å². The molecule has 2 rings (SSSR count). The molecule has 1 heterocycles. The fourth-order valence-electron chi connectivity index (χ4n) is 2.52. The molecule has 1 aromatic carbocycles. The number of hydrogen-bond donors (Lipinski definition) is 2. The lowest BCUT2D eigenvalue weighted by Crippen LogP contribution is -2.57. The van der Waals surface area contributed by atoms with E-state index in [2.05, 4.69) is 10.0 Å². The number of hydrogen-bond acceptors (Lipinski definition) is 4. The number of rotatable bonds is 6. The van der Waals surface area contributed by atoms with Crippen molar-refractivity contribution in [3.63, 3.8) is 0 Å². The van der Waals surface area contributed by atoms with E-state index in [9.17, 15) is 21.6 Å². The normalized spacial score (nSPS) is 18.5. The number of nitrogens with zero attached hydrogens (tertiary/aromatic N) is 1. The summed E-state index contributed by atoms with van der Waals surface area (Å²) in [5.41, 5.74) is 0.345. The molecule has 0 bridgehead atoms. The second-order valence-corrected chi connectivity index (χ2v) is 7.76. The molecule has 1 saturated heterocycles. The minimum Gasteiger partial charge on any atom is -0.314 e. The minimum absolute atomic E-state index is 0.219. The quantitative estimate of drug-likeness (QED) is 0.780. The van der Waals surface area contributed by atoms with Crippen LogP contribution >= 0.6 is 11.6 Å². The average molecular weight is 386 g/mol. The van der Waals surface area contributed by atoms with Crippen molar-refractivity contribution in [1.29, 1.82) is 0 Å². The molecule has 1 aliphatic rings. The monoisotopic (exact) mass is 385 g/mol. The highest BCUT2D eigenvalue weighted by molar-refractivity contribution is 7.88. The van der Waals surface area contributed by atoms with Crippen LogP contribution in [0.4, 0.5) is 13.2 Å². The predicted octanol–water partition coefficient (Wildman–Crippen LogP) is 1.60. The van der Waals surface area contributed by atoms with Crippen molar-refractivity contribution < 1.29 is 21.6 Å². The molecule has 0 saturated carbocycles. The Hall–Kier alpha value is -0.870. The van der Waals surface area contributed by atoms with Crippen molar-refractivity contribution in [2.45, 2.75) is 18.0 Å². The van der Waals surface area contributed by atoms with Crippen molar-refractivity contribution in [3.05, 3.63) is 34.9 Å². The molecule has 2 N–H and O–H groups in total. The largest absolute Gasteiger partial charge is 0.405 e. The van der Waals surface area contributed by atoms with E-state index in [-0.39, 0.29) is 18.1 Å². The van der Waals surface area contributed by atoms with Gasteiger partial charge in [-0.05, 0) is 11.6 Å². The molecule has 5 nitrogen and oxygen atoms in total. The lowest BCUT2D eigenvalue weighted by molar-refractivity contribution is -0.182. The topological polar surface area (TPSA) is 61.4 Å². The average Bonchev–Trinajstić information content (AvgIpc) is 2.49. The zero-order chi connectivity index (χ0) is 17.8. The third-order valence-corrected chi connectivity index (χ3v) is 5.44. The molecule has 0 radical (unpaired) electrons. The maximum absolute atomic E-state index is 13.3. The Labute approximate surface area is 144 Å². The van der Waals surface area contributed by atoms with Crippen molar-refractivity contribution in [2.24, 2.45) is 0 Å². The van der Waals surface area contributed by atoms with E-state index in [1.807, 2.05) is 0 Å². The Morgan fingerprint density at radius 1 is 1.25 bits per heavy atom. The van der Waals surface area contributed by atoms with Gasteiger partial charge in [0.1, 0.15) is 6.04 Å². The van der Waals surface area contributed by atoms with Gasteiger partial charge in [0.15, 0.2) is 0 Å². The highest BCUT2D eigenvalue weighted by Crippen LogP contribution is 2.25. The molecule has 0 spiro atoms. The summed E-state index contributed by atoms with van der Waals surface area (Å²) in [6.07, 6.45) is -4.51. The van der Waals surface area contributed by atoms with E-state index in [1.54, 1.807) is 12.1 Å². The molecule has 0 aliphatic carbocycles. The predicted molar refractivity (Wildman–Crippen MR) is 86.4 cm³/mol. The van der Waals surface area contributed by atoms with Gasteiger partial charge >= 0.3 is 6.18 Å². The van der Waals surface area contributed by atoms with E-state index < -0.39 is 34.5 Å². The van der Waals surface area contributed by atoms with Crippen molar-refractivity contribution in [1.82, 2.24) is 14.9 Å². The van der Waals surface area contributed by atoms with Crippen LogP contribution in [-0.2, 0) is 15.8 Å². The number of halogens is 4. The lowest BCUT2D eigenvalue weighted by Gasteiger charge is -2.35. The molecule has 24 heavy (non-hydrogen) atoms. The first kappa shape index (κ1) is 19.5. The first-order valence-corrected chi connectivity index (χ1v) is 9.44. The van der Waals surface area contributed by atoms with Gasteiger partial charge in [-0.3, -0.25) is 4.90 Å². The second-order valence-electron chi connectivity index (χ2n) is 5.54. The van der Waals surface area contributed by atoms with Crippen LogP contribution in [0.3, 0.4) is 0 Å². The standard InChI is InChI=1S/C14H19ClF3N3O2S/c15-12-4-2-1-3-11(12)10-24(22,23)20-9-13(14(16,17)18)21-7-5-19-6-8-21/h1-4,13,19-20H,5-10H2. The molecule has 1 atom stereocenters. The van der Waals surface area contributed by atoms with Gasteiger partial charge in [0, 0.05) is 37.7 Å². The maximum atomic E-state index is 13.3. The van der Waals surface area contributed by atoms with Gasteiger partial charge in [-0.15, -0.1) is 0 Å². The van der Waals surface area contributed by atoms with E-state index in [0.29, 0.717) is 18.7 Å². The first-order chi connectivity index (χ1) is 11.2. The van der Waals surface area contributed by atoms with Crippen LogP contribution in [0.1, 0.15) is 5.56 Å². The minimum atomic E-state index is -4.51. The summed E-state index contributed by atoms with van der Waals surface area (Å²) >= 11 is 5.90. The molecule has 136 valence electrons. The van der Waals surface area contributed by atoms with Crippen molar-refractivity contribution >= 4 is 21.6 Å². The molecule has 0 aromatic heterocycles. The summed E-state index contributed by atoms with van der Waals surface area (Å²) in [5, 5.41) is 3.23. The summed E-state index contributed by atoms with van der Waals surface area (Å²) in [5.74, 6) is -0.460. The third kappa shape index (κ3) is 5.59. The van der Waals surface area contributed by atoms with Gasteiger partial charge in [0.25, 0.3) is 0 Å². The van der Waals surface area contributed by atoms with Crippen LogP contribution in [0.2, 0.25) is 5.02 Å². The summed E-state index contributed by atoms with van der Waals surface area (Å²) in [6.45, 7) is 0.612. The van der Waals surface area contributed by atoms with E-state index in [4.69, 9.17) is 11.6 Å². The number of alkyl halides is 3. The molecule has 1 aromatic rings. The van der Waals surface area contributed by atoms with Gasteiger partial charge in [-0.2, -0.15) is 13.2 Å². The molecule has 1 unspecified atom stereocenters. The highest BCUT2D eigenvalue weighted by Gasteiger charge is 2.44. The molecular weight excluding hydrogens is 367 g/mol. The Morgan fingerprint density at radius 2 is 1.88 bits per heavy atom. The van der Waals surface area contributed by atoms with Gasteiger partial charge in [-0.1, -0.05) is 29.8 Å². The second kappa shape index (κ2) is 8.01. The fourth-order valence-corrected chi connectivity index (χ4v) is 3.98. The van der Waals surface area contributed by atoms with Crippen molar-refractivity contribution in [3.8, 4) is 0 Å². The number of sulfonamides is 1. The molecular formula is C14H19ClF3N3O2S. The summed E-state index contributed by atoms with van der Waals surface area (Å²) in [4.78, 5) is 1.24. The van der Waals surface area contributed by atoms with Crippen LogP contribution in [0.5, 0.6) is 0 Å². The zero-order valence-electron chi connectivity index (χ0n) is 12.8. The smallest absolute Gasteiger partial charge is 0.314 e. The van der Waals surface area contributed by atoms with Crippen LogP contribution < -0.4 is 10.0 Å². The van der Waals surface area contributed by atoms with Crippen LogP contribution in [0.15, 0.2) is 24.3 Å². The van der Waals surface area contributed by atoms with Crippen LogP contribution in [0.25, 0.3) is 0 Å². The van der Waals surface area contributed by atoms with Crippen LogP contribution in [0, 0.1) is 0 Å². The first-order valence-electron chi connectivity index (χ1n) is 7.41. The summed E-state index contributed by atoms with van der Waals surface area (Å²) in [7, 11) is -3.93. The fraction of sp³-hybridized carbons (Fsp3) is 0.571. The molecule has 1 fully saturated rings. The maximum Gasteiger partial charge on any atom is 0.405 e. The SMILES string of the molecule is O=S(=O)(Cc1ccccc1Cl)NCC(N1CCNCC1)C(F)(F)F. The van der Waals surface area contributed by atoms with Gasteiger partial charge in [0.2, 0.25) is 10.0 Å². The highest BCUT2D eigenvalue weighted by atomic mass is 35.5. The molecule has 10 heteroatoms. The van der Waals surface area contributed by atoms with Crippen molar-refractivity contribution in [2.75, 3.05) is 32.7 Å². The van der Waals surface area contributed by atoms with E-state index >= 15 is 0 Å². The summed E-state index contributed by atoms with van der Waals surface area (Å²) < 4.78 is 66.0. The number of nitrogens with one attached hydrogen (secondary N) is 2. The van der Waals surface area contributed by atoms with E-state index in [1.165, 1.54) is 17.0 Å². The van der Waals surface area contributed by atoms with Gasteiger partial charge < -0.3 is 5.32 Å². The Kier molecular flexibility index (Phi) is 6.49. The third-order valence-electron chi connectivity index (χ3n) is 3.77. The number of piperazine rings is 1. The summed E-state index contributed by atoms with van der Waals surface area (Å²) in [6, 6.07) is 4.48. The number of benzene rings is 1. The Morgan fingerprint density at radius 3 is 2.46 bits per heavy atom. The lowest BCUT2D eigenvalue weighted by atomic mass is 10.2.